The first-order valence-corrected chi connectivity index (χ1v) is 5.92. The van der Waals surface area contributed by atoms with Crippen molar-refractivity contribution >= 4 is 11.9 Å². The molecule has 0 aromatic heterocycles. The molecular weight excluding hydrogens is 230 g/mol. The molecule has 0 aliphatic rings. The van der Waals surface area contributed by atoms with Gasteiger partial charge in [-0.1, -0.05) is 6.58 Å². The maximum absolute atomic E-state index is 11.7. The van der Waals surface area contributed by atoms with Gasteiger partial charge in [0.25, 0.3) is 0 Å². The molecule has 0 fully saturated rings. The summed E-state index contributed by atoms with van der Waals surface area (Å²) >= 11 is 0. The Kier molecular flexibility index (Phi) is 5.24. The van der Waals surface area contributed by atoms with E-state index in [9.17, 15) is 4.79 Å². The van der Waals surface area contributed by atoms with E-state index in [2.05, 4.69) is 6.58 Å². The number of hydrogen-bond acceptors (Lipinski definition) is 3. The SMILES string of the molecule is C=C(OC(=O)N(CC)CC)c1ccc(OC)cc1. The average molecular weight is 249 g/mol. The van der Waals surface area contributed by atoms with Crippen molar-refractivity contribution in [3.05, 3.63) is 36.4 Å². The highest BCUT2D eigenvalue weighted by Gasteiger charge is 2.13. The molecule has 98 valence electrons. The Morgan fingerprint density at radius 1 is 1.22 bits per heavy atom. The number of carbonyl (C=O) groups excluding carboxylic acids is 1. The smallest absolute Gasteiger partial charge is 0.415 e. The summed E-state index contributed by atoms with van der Waals surface area (Å²) in [5.74, 6) is 1.09. The predicted molar refractivity (Wildman–Crippen MR) is 71.4 cm³/mol. The van der Waals surface area contributed by atoms with E-state index in [0.29, 0.717) is 18.8 Å². The zero-order chi connectivity index (χ0) is 13.5. The summed E-state index contributed by atoms with van der Waals surface area (Å²) in [6, 6.07) is 7.20. The number of ether oxygens (including phenoxy) is 2. The molecule has 0 bridgehead atoms. The summed E-state index contributed by atoms with van der Waals surface area (Å²) < 4.78 is 10.3. The lowest BCUT2D eigenvalue weighted by Gasteiger charge is -2.18. The largest absolute Gasteiger partial charge is 0.497 e. The van der Waals surface area contributed by atoms with Crippen molar-refractivity contribution in [3.8, 4) is 5.75 Å². The quantitative estimate of drug-likeness (QED) is 0.752. The number of carbonyl (C=O) groups is 1. The molecule has 0 aliphatic carbocycles. The lowest BCUT2D eigenvalue weighted by atomic mass is 10.2. The molecule has 1 aromatic carbocycles. The van der Waals surface area contributed by atoms with Crippen molar-refractivity contribution < 1.29 is 14.3 Å². The van der Waals surface area contributed by atoms with Gasteiger partial charge in [-0.3, -0.25) is 0 Å². The third-order valence-corrected chi connectivity index (χ3v) is 2.64. The standard InChI is InChI=1S/C14H19NO3/c1-5-15(6-2)14(16)18-11(3)12-7-9-13(17-4)10-8-12/h7-10H,3,5-6H2,1-2,4H3. The molecule has 18 heavy (non-hydrogen) atoms. The first-order chi connectivity index (χ1) is 8.62. The Morgan fingerprint density at radius 3 is 2.22 bits per heavy atom. The van der Waals surface area contributed by atoms with Crippen LogP contribution in [0.5, 0.6) is 5.75 Å². The van der Waals surface area contributed by atoms with Crippen LogP contribution < -0.4 is 4.74 Å². The molecule has 0 N–H and O–H groups in total. The van der Waals surface area contributed by atoms with E-state index in [0.717, 1.165) is 11.3 Å². The molecule has 0 spiro atoms. The molecule has 4 nitrogen and oxygen atoms in total. The number of nitrogens with zero attached hydrogens (tertiary/aromatic N) is 1. The first kappa shape index (κ1) is 14.1. The van der Waals surface area contributed by atoms with Crippen LogP contribution in [-0.2, 0) is 4.74 Å². The third-order valence-electron chi connectivity index (χ3n) is 2.64. The zero-order valence-electron chi connectivity index (χ0n) is 11.1. The van der Waals surface area contributed by atoms with Gasteiger partial charge in [-0.2, -0.15) is 0 Å². The van der Waals surface area contributed by atoms with Gasteiger partial charge in [0.2, 0.25) is 0 Å². The second-order valence-electron chi connectivity index (χ2n) is 3.69. The molecule has 4 heteroatoms. The fraction of sp³-hybridized carbons (Fsp3) is 0.357. The van der Waals surface area contributed by atoms with Crippen molar-refractivity contribution in [3.63, 3.8) is 0 Å². The molecule has 1 aromatic rings. The van der Waals surface area contributed by atoms with Crippen molar-refractivity contribution in [1.29, 1.82) is 0 Å². The van der Waals surface area contributed by atoms with E-state index in [1.54, 1.807) is 36.3 Å². The van der Waals surface area contributed by atoms with Gasteiger partial charge >= 0.3 is 6.09 Å². The van der Waals surface area contributed by atoms with E-state index in [-0.39, 0.29) is 6.09 Å². The maximum atomic E-state index is 11.7. The molecule has 0 atom stereocenters. The van der Waals surface area contributed by atoms with E-state index < -0.39 is 0 Å². The van der Waals surface area contributed by atoms with Crippen LogP contribution in [0.4, 0.5) is 4.79 Å². The Balaban J connectivity index is 2.67. The van der Waals surface area contributed by atoms with Crippen LogP contribution in [0.1, 0.15) is 19.4 Å². The van der Waals surface area contributed by atoms with Crippen LogP contribution in [0.25, 0.3) is 5.76 Å². The molecule has 0 heterocycles. The summed E-state index contributed by atoms with van der Waals surface area (Å²) in [5, 5.41) is 0. The highest BCUT2D eigenvalue weighted by Crippen LogP contribution is 2.18. The zero-order valence-corrected chi connectivity index (χ0v) is 11.1. The Morgan fingerprint density at radius 2 is 1.78 bits per heavy atom. The van der Waals surface area contributed by atoms with E-state index >= 15 is 0 Å². The number of rotatable bonds is 5. The van der Waals surface area contributed by atoms with E-state index in [4.69, 9.17) is 9.47 Å². The van der Waals surface area contributed by atoms with E-state index in [1.165, 1.54) is 0 Å². The van der Waals surface area contributed by atoms with Crippen molar-refractivity contribution in [2.45, 2.75) is 13.8 Å². The van der Waals surface area contributed by atoms with Crippen LogP contribution in [0, 0.1) is 0 Å². The fourth-order valence-corrected chi connectivity index (χ4v) is 1.49. The molecule has 0 radical (unpaired) electrons. The topological polar surface area (TPSA) is 38.8 Å². The summed E-state index contributed by atoms with van der Waals surface area (Å²) in [4.78, 5) is 13.3. The van der Waals surface area contributed by atoms with E-state index in [1.807, 2.05) is 13.8 Å². The van der Waals surface area contributed by atoms with Crippen LogP contribution >= 0.6 is 0 Å². The minimum absolute atomic E-state index is 0.342. The molecule has 0 saturated heterocycles. The second kappa shape index (κ2) is 6.69. The maximum Gasteiger partial charge on any atom is 0.415 e. The lowest BCUT2D eigenvalue weighted by molar-refractivity contribution is 0.148. The minimum Gasteiger partial charge on any atom is -0.497 e. The molecule has 0 saturated carbocycles. The van der Waals surface area contributed by atoms with Crippen LogP contribution in [0.2, 0.25) is 0 Å². The molecular formula is C14H19NO3. The normalized spacial score (nSPS) is 9.72. The summed E-state index contributed by atoms with van der Waals surface area (Å²) in [6.07, 6.45) is -0.374. The van der Waals surface area contributed by atoms with Gasteiger partial charge in [-0.15, -0.1) is 0 Å². The summed E-state index contributed by atoms with van der Waals surface area (Å²) in [7, 11) is 1.60. The monoisotopic (exact) mass is 249 g/mol. The third kappa shape index (κ3) is 3.52. The molecule has 1 amide bonds. The summed E-state index contributed by atoms with van der Waals surface area (Å²) in [6.45, 7) is 8.80. The first-order valence-electron chi connectivity index (χ1n) is 5.92. The number of amides is 1. The van der Waals surface area contributed by atoms with Gasteiger partial charge in [0.1, 0.15) is 11.5 Å². The predicted octanol–water partition coefficient (Wildman–Crippen LogP) is 3.14. The molecule has 0 aliphatic heterocycles. The molecule has 1 rings (SSSR count). The summed E-state index contributed by atoms with van der Waals surface area (Å²) in [5.41, 5.74) is 0.760. The average Bonchev–Trinajstić information content (AvgIpc) is 2.40. The Labute approximate surface area is 108 Å². The number of benzene rings is 1. The molecule has 0 unspecified atom stereocenters. The lowest BCUT2D eigenvalue weighted by Crippen LogP contribution is -2.30. The highest BCUT2D eigenvalue weighted by atomic mass is 16.6. The van der Waals surface area contributed by atoms with Crippen molar-refractivity contribution in [2.75, 3.05) is 20.2 Å². The van der Waals surface area contributed by atoms with Crippen LogP contribution in [0.3, 0.4) is 0 Å². The Bertz CT molecular complexity index is 408. The Hall–Kier alpha value is -1.97. The fourth-order valence-electron chi connectivity index (χ4n) is 1.49. The van der Waals surface area contributed by atoms with Gasteiger partial charge in [-0.05, 0) is 38.1 Å². The highest BCUT2D eigenvalue weighted by molar-refractivity contribution is 5.76. The van der Waals surface area contributed by atoms with Gasteiger partial charge in [0.15, 0.2) is 0 Å². The number of hydrogen-bond donors (Lipinski definition) is 0. The van der Waals surface area contributed by atoms with Gasteiger partial charge < -0.3 is 14.4 Å². The van der Waals surface area contributed by atoms with Gasteiger partial charge in [0.05, 0.1) is 7.11 Å². The van der Waals surface area contributed by atoms with Crippen molar-refractivity contribution in [2.24, 2.45) is 0 Å². The van der Waals surface area contributed by atoms with Crippen LogP contribution in [-0.4, -0.2) is 31.2 Å². The van der Waals surface area contributed by atoms with Crippen LogP contribution in [0.15, 0.2) is 30.8 Å². The number of methoxy groups -OCH3 is 1. The minimum atomic E-state index is -0.374. The van der Waals surface area contributed by atoms with Crippen molar-refractivity contribution in [1.82, 2.24) is 4.90 Å². The van der Waals surface area contributed by atoms with Gasteiger partial charge in [-0.25, -0.2) is 4.79 Å². The van der Waals surface area contributed by atoms with Gasteiger partial charge in [0, 0.05) is 18.7 Å². The second-order valence-corrected chi connectivity index (χ2v) is 3.69.